The van der Waals surface area contributed by atoms with Gasteiger partial charge in [0.25, 0.3) is 10.9 Å². The third-order valence-corrected chi connectivity index (χ3v) is 3.54. The topological polar surface area (TPSA) is 79.5 Å². The van der Waals surface area contributed by atoms with E-state index in [4.69, 9.17) is 5.73 Å². The van der Waals surface area contributed by atoms with Crippen LogP contribution in [0.5, 0.6) is 0 Å². The van der Waals surface area contributed by atoms with Gasteiger partial charge in [-0.2, -0.15) is 0 Å². The molecule has 0 radical (unpaired) electrons. The molecule has 0 unspecified atom stereocenters. The van der Waals surface area contributed by atoms with Crippen molar-refractivity contribution < 1.29 is 0 Å². The number of nitrogens with two attached hydrogens (primary N) is 1. The lowest BCUT2D eigenvalue weighted by Gasteiger charge is -2.37. The molecule has 3 rings (SSSR count). The van der Waals surface area contributed by atoms with E-state index in [1.165, 1.54) is 0 Å². The van der Waals surface area contributed by atoms with Crippen LogP contribution < -0.4 is 26.4 Å². The van der Waals surface area contributed by atoms with Gasteiger partial charge >= 0.3 is 0 Å². The number of nitrogen functional groups attached to an aromatic ring is 1. The molecule has 1 saturated heterocycles. The molecule has 0 amide bonds. The summed E-state index contributed by atoms with van der Waals surface area (Å²) in [7, 11) is 0. The van der Waals surface area contributed by atoms with Gasteiger partial charge in [0.2, 0.25) is 0 Å². The summed E-state index contributed by atoms with van der Waals surface area (Å²) >= 11 is 0. The van der Waals surface area contributed by atoms with E-state index >= 15 is 0 Å². The zero-order valence-electron chi connectivity index (χ0n) is 10.4. The number of rotatable bonds is 2. The molecule has 0 aliphatic carbocycles. The second-order valence-corrected chi connectivity index (χ2v) is 4.60. The predicted octanol–water partition coefficient (Wildman–Crippen LogP) is -0.414. The molecule has 0 atom stereocenters. The van der Waals surface area contributed by atoms with Gasteiger partial charge in [-0.3, -0.25) is 14.6 Å². The van der Waals surface area contributed by atoms with Gasteiger partial charge in [-0.25, -0.2) is 0 Å². The Hall–Kier alpha value is -2.37. The van der Waals surface area contributed by atoms with Gasteiger partial charge in [0.1, 0.15) is 11.4 Å². The number of anilines is 3. The summed E-state index contributed by atoms with van der Waals surface area (Å²) in [5, 5.41) is 0. The fourth-order valence-corrected chi connectivity index (χ4v) is 2.45. The van der Waals surface area contributed by atoms with Gasteiger partial charge < -0.3 is 15.5 Å². The minimum atomic E-state index is -0.549. The Balaban J connectivity index is 1.71. The zero-order valence-corrected chi connectivity index (χ0v) is 10.4. The van der Waals surface area contributed by atoms with E-state index < -0.39 is 10.9 Å². The smallest absolute Gasteiger partial charge is 0.253 e. The maximum Gasteiger partial charge on any atom is 0.253 e. The summed E-state index contributed by atoms with van der Waals surface area (Å²) in [6, 6.07) is 3.92. The average molecular weight is 258 g/mol. The minimum absolute atomic E-state index is 0.113. The number of piperazine rings is 1. The molecular weight excluding hydrogens is 244 g/mol. The van der Waals surface area contributed by atoms with Crippen molar-refractivity contribution >= 4 is 17.1 Å². The largest absolute Gasteiger partial charge is 0.394 e. The van der Waals surface area contributed by atoms with Crippen LogP contribution in [0.25, 0.3) is 0 Å². The van der Waals surface area contributed by atoms with E-state index in [0.29, 0.717) is 18.8 Å². The number of nitrogens with zero attached hydrogens (tertiary/aromatic N) is 3. The lowest BCUT2D eigenvalue weighted by atomic mass is 10.1. The molecule has 6 heteroatoms. The summed E-state index contributed by atoms with van der Waals surface area (Å²) in [4.78, 5) is 30.7. The Kier molecular flexibility index (Phi) is 2.70. The molecule has 1 aromatic carbocycles. The van der Waals surface area contributed by atoms with Crippen molar-refractivity contribution in [3.05, 3.63) is 45.0 Å². The molecule has 1 fully saturated rings. The standard InChI is InChI=1S/C13H14N4O2/c14-10-11(13(19)12(10)18)17-7-5-16(6-8-17)9-1-3-15-4-2-9/h1-4H,5-8,14H2. The highest BCUT2D eigenvalue weighted by Crippen LogP contribution is 2.21. The zero-order chi connectivity index (χ0) is 13.4. The van der Waals surface area contributed by atoms with Crippen molar-refractivity contribution in [1.82, 2.24) is 4.98 Å². The van der Waals surface area contributed by atoms with Crippen LogP contribution in [0.1, 0.15) is 0 Å². The SMILES string of the molecule is Nc1c(N2CCN(c3ccncc3)CC2)c(=O)c1=O. The van der Waals surface area contributed by atoms with E-state index in [-0.39, 0.29) is 5.69 Å². The molecule has 2 aromatic rings. The van der Waals surface area contributed by atoms with Crippen LogP contribution in [0, 0.1) is 0 Å². The molecule has 1 aliphatic rings. The molecule has 19 heavy (non-hydrogen) atoms. The van der Waals surface area contributed by atoms with Gasteiger partial charge in [-0.05, 0) is 12.1 Å². The van der Waals surface area contributed by atoms with Crippen molar-refractivity contribution in [1.29, 1.82) is 0 Å². The normalized spacial score (nSPS) is 16.0. The van der Waals surface area contributed by atoms with Crippen LogP contribution in [-0.4, -0.2) is 31.2 Å². The molecule has 0 saturated carbocycles. The van der Waals surface area contributed by atoms with Gasteiger partial charge in [0, 0.05) is 44.3 Å². The van der Waals surface area contributed by atoms with Crippen molar-refractivity contribution in [2.45, 2.75) is 0 Å². The van der Waals surface area contributed by atoms with Crippen molar-refractivity contribution in [2.75, 3.05) is 41.7 Å². The second-order valence-electron chi connectivity index (χ2n) is 4.60. The van der Waals surface area contributed by atoms with Crippen LogP contribution in [0.15, 0.2) is 34.1 Å². The third kappa shape index (κ3) is 1.85. The van der Waals surface area contributed by atoms with Gasteiger partial charge in [-0.15, -0.1) is 0 Å². The highest BCUT2D eigenvalue weighted by atomic mass is 16.2. The fraction of sp³-hybridized carbons (Fsp3) is 0.308. The monoisotopic (exact) mass is 258 g/mol. The lowest BCUT2D eigenvalue weighted by Crippen LogP contribution is -2.51. The first-order chi connectivity index (χ1) is 9.18. The number of hydrogen-bond acceptors (Lipinski definition) is 6. The van der Waals surface area contributed by atoms with Crippen molar-refractivity contribution in [3.63, 3.8) is 0 Å². The summed E-state index contributed by atoms with van der Waals surface area (Å²) in [6.07, 6.45) is 3.52. The Bertz CT molecular complexity index is 653. The molecule has 6 nitrogen and oxygen atoms in total. The average Bonchev–Trinajstić information content (AvgIpc) is 2.49. The molecule has 1 aromatic heterocycles. The van der Waals surface area contributed by atoms with Gasteiger partial charge in [0.15, 0.2) is 0 Å². The summed E-state index contributed by atoms with van der Waals surface area (Å²) < 4.78 is 0. The Morgan fingerprint density at radius 1 is 0.947 bits per heavy atom. The summed E-state index contributed by atoms with van der Waals surface area (Å²) in [6.45, 7) is 2.97. The molecule has 0 spiro atoms. The maximum absolute atomic E-state index is 11.5. The molecule has 2 heterocycles. The van der Waals surface area contributed by atoms with Crippen LogP contribution in [0.3, 0.4) is 0 Å². The second kappa shape index (κ2) is 4.38. The Morgan fingerprint density at radius 2 is 1.53 bits per heavy atom. The van der Waals surface area contributed by atoms with E-state index in [1.807, 2.05) is 17.0 Å². The van der Waals surface area contributed by atoms with E-state index in [9.17, 15) is 9.59 Å². The highest BCUT2D eigenvalue weighted by Gasteiger charge is 2.26. The first-order valence-electron chi connectivity index (χ1n) is 6.17. The first kappa shape index (κ1) is 11.7. The molecule has 1 aliphatic heterocycles. The quantitative estimate of drug-likeness (QED) is 0.737. The van der Waals surface area contributed by atoms with Crippen molar-refractivity contribution in [3.8, 4) is 0 Å². The third-order valence-electron chi connectivity index (χ3n) is 3.54. The highest BCUT2D eigenvalue weighted by molar-refractivity contribution is 5.73. The first-order valence-corrected chi connectivity index (χ1v) is 6.17. The van der Waals surface area contributed by atoms with Crippen LogP contribution in [0.2, 0.25) is 0 Å². The molecule has 0 bridgehead atoms. The van der Waals surface area contributed by atoms with Crippen molar-refractivity contribution in [2.24, 2.45) is 0 Å². The van der Waals surface area contributed by atoms with Crippen LogP contribution >= 0.6 is 0 Å². The predicted molar refractivity (Wildman–Crippen MR) is 74.4 cm³/mol. The Labute approximate surface area is 109 Å². The Morgan fingerprint density at radius 3 is 2.11 bits per heavy atom. The van der Waals surface area contributed by atoms with E-state index in [2.05, 4.69) is 9.88 Å². The number of hydrogen-bond donors (Lipinski definition) is 1. The lowest BCUT2D eigenvalue weighted by molar-refractivity contribution is 0.651. The van der Waals surface area contributed by atoms with E-state index in [0.717, 1.165) is 18.8 Å². The molecular formula is C13H14N4O2. The van der Waals surface area contributed by atoms with E-state index in [1.54, 1.807) is 12.4 Å². The fourth-order valence-electron chi connectivity index (χ4n) is 2.45. The number of pyridine rings is 1. The summed E-state index contributed by atoms with van der Waals surface area (Å²) in [5.41, 5.74) is 6.21. The maximum atomic E-state index is 11.5. The molecule has 2 N–H and O–H groups in total. The minimum Gasteiger partial charge on any atom is -0.394 e. The summed E-state index contributed by atoms with van der Waals surface area (Å²) in [5.74, 6) is 0. The van der Waals surface area contributed by atoms with Crippen LogP contribution in [0.4, 0.5) is 17.1 Å². The number of aromatic nitrogens is 1. The van der Waals surface area contributed by atoms with Crippen LogP contribution in [-0.2, 0) is 0 Å². The van der Waals surface area contributed by atoms with Gasteiger partial charge in [0.05, 0.1) is 0 Å². The molecule has 98 valence electrons. The van der Waals surface area contributed by atoms with Gasteiger partial charge in [-0.1, -0.05) is 0 Å².